The summed E-state index contributed by atoms with van der Waals surface area (Å²) < 4.78 is 0.885. The maximum Gasteiger partial charge on any atom is 0.328 e. The summed E-state index contributed by atoms with van der Waals surface area (Å²) in [5.74, 6) is -0.934. The van der Waals surface area contributed by atoms with E-state index in [9.17, 15) is 9.59 Å². The molecule has 1 aromatic rings. The number of carboxylic acid groups (broad SMARTS) is 1. The minimum absolute atomic E-state index is 0.0484. The van der Waals surface area contributed by atoms with Gasteiger partial charge in [-0.3, -0.25) is 4.79 Å². The summed E-state index contributed by atoms with van der Waals surface area (Å²) in [7, 11) is 0. The van der Waals surface area contributed by atoms with Crippen molar-refractivity contribution in [1.29, 1.82) is 0 Å². The highest BCUT2D eigenvalue weighted by Gasteiger charge is 2.15. The number of anilines is 1. The van der Waals surface area contributed by atoms with Gasteiger partial charge in [0, 0.05) is 42.3 Å². The number of carbonyl (C=O) groups excluding carboxylic acids is 1. The van der Waals surface area contributed by atoms with Crippen LogP contribution in [0.1, 0.15) is 12.0 Å². The van der Waals surface area contributed by atoms with E-state index in [4.69, 9.17) is 5.11 Å². The van der Waals surface area contributed by atoms with Crippen LogP contribution in [0.2, 0.25) is 0 Å². The number of aliphatic carboxylic acids is 1. The van der Waals surface area contributed by atoms with E-state index in [2.05, 4.69) is 26.1 Å². The van der Waals surface area contributed by atoms with Crippen LogP contribution >= 0.6 is 15.9 Å². The van der Waals surface area contributed by atoms with Crippen molar-refractivity contribution in [3.63, 3.8) is 0 Å². The molecule has 2 rings (SSSR count). The van der Waals surface area contributed by atoms with Gasteiger partial charge in [-0.15, -0.1) is 0 Å². The molecule has 20 heavy (non-hydrogen) atoms. The molecule has 0 spiro atoms. The van der Waals surface area contributed by atoms with Crippen molar-refractivity contribution in [2.45, 2.75) is 6.42 Å². The second-order valence-electron chi connectivity index (χ2n) is 4.46. The number of benzene rings is 1. The maximum absolute atomic E-state index is 11.4. The lowest BCUT2D eigenvalue weighted by atomic mass is 10.1. The van der Waals surface area contributed by atoms with Crippen LogP contribution in [0.5, 0.6) is 0 Å². The Labute approximate surface area is 125 Å². The van der Waals surface area contributed by atoms with Crippen LogP contribution in [0.15, 0.2) is 28.7 Å². The molecule has 0 unspecified atom stereocenters. The van der Waals surface area contributed by atoms with E-state index in [0.717, 1.165) is 21.8 Å². The predicted molar refractivity (Wildman–Crippen MR) is 80.7 cm³/mol. The van der Waals surface area contributed by atoms with Crippen LogP contribution in [0.25, 0.3) is 6.08 Å². The number of carboxylic acids is 1. The van der Waals surface area contributed by atoms with E-state index >= 15 is 0 Å². The molecular weight excluding hydrogens is 324 g/mol. The van der Waals surface area contributed by atoms with Crippen molar-refractivity contribution < 1.29 is 14.7 Å². The Morgan fingerprint density at radius 3 is 2.95 bits per heavy atom. The zero-order valence-corrected chi connectivity index (χ0v) is 12.4. The van der Waals surface area contributed by atoms with E-state index in [1.54, 1.807) is 6.08 Å². The van der Waals surface area contributed by atoms with Crippen molar-refractivity contribution in [2.75, 3.05) is 24.5 Å². The molecule has 2 N–H and O–H groups in total. The van der Waals surface area contributed by atoms with Gasteiger partial charge in [-0.25, -0.2) is 4.79 Å². The molecule has 0 saturated carbocycles. The fraction of sp³-hybridized carbons (Fsp3) is 0.286. The Bertz CT molecular complexity index is 557. The highest BCUT2D eigenvalue weighted by Crippen LogP contribution is 2.26. The number of hydrogen-bond acceptors (Lipinski definition) is 3. The monoisotopic (exact) mass is 338 g/mol. The van der Waals surface area contributed by atoms with Gasteiger partial charge in [0.1, 0.15) is 0 Å². The second-order valence-corrected chi connectivity index (χ2v) is 5.38. The molecule has 0 radical (unpaired) electrons. The number of hydrogen-bond donors (Lipinski definition) is 2. The Balaban J connectivity index is 2.29. The van der Waals surface area contributed by atoms with Crippen molar-refractivity contribution in [3.05, 3.63) is 34.3 Å². The Kier molecular flexibility index (Phi) is 4.79. The van der Waals surface area contributed by atoms with Crippen LogP contribution in [-0.4, -0.2) is 36.6 Å². The van der Waals surface area contributed by atoms with Crippen molar-refractivity contribution in [1.82, 2.24) is 5.32 Å². The summed E-state index contributed by atoms with van der Waals surface area (Å²) >= 11 is 3.39. The van der Waals surface area contributed by atoms with Gasteiger partial charge in [-0.2, -0.15) is 0 Å². The lowest BCUT2D eigenvalue weighted by molar-refractivity contribution is -0.131. The summed E-state index contributed by atoms with van der Waals surface area (Å²) in [5.41, 5.74) is 1.75. The van der Waals surface area contributed by atoms with E-state index in [-0.39, 0.29) is 5.91 Å². The van der Waals surface area contributed by atoms with Gasteiger partial charge in [-0.05, 0) is 29.8 Å². The number of nitrogens with one attached hydrogen (secondary N) is 1. The summed E-state index contributed by atoms with van der Waals surface area (Å²) in [5, 5.41) is 11.6. The predicted octanol–water partition coefficient (Wildman–Crippen LogP) is 1.87. The lowest BCUT2D eigenvalue weighted by Gasteiger charge is -2.24. The molecule has 0 atom stereocenters. The smallest absolute Gasteiger partial charge is 0.328 e. The minimum atomic E-state index is -0.983. The molecule has 1 aliphatic heterocycles. The number of halogens is 1. The lowest BCUT2D eigenvalue weighted by Crippen LogP contribution is -2.28. The van der Waals surface area contributed by atoms with Gasteiger partial charge >= 0.3 is 5.97 Å². The van der Waals surface area contributed by atoms with Gasteiger partial charge in [0.2, 0.25) is 5.91 Å². The quantitative estimate of drug-likeness (QED) is 0.825. The molecule has 1 heterocycles. The largest absolute Gasteiger partial charge is 0.478 e. The first-order chi connectivity index (χ1) is 9.56. The second kappa shape index (κ2) is 6.56. The highest BCUT2D eigenvalue weighted by atomic mass is 79.9. The Morgan fingerprint density at radius 2 is 2.20 bits per heavy atom. The maximum atomic E-state index is 11.4. The molecule has 1 aliphatic rings. The molecule has 6 heteroatoms. The first kappa shape index (κ1) is 14.6. The molecule has 5 nitrogen and oxygen atoms in total. The molecule has 0 bridgehead atoms. The number of rotatable bonds is 3. The minimum Gasteiger partial charge on any atom is -0.478 e. The summed E-state index contributed by atoms with van der Waals surface area (Å²) in [4.78, 5) is 24.1. The molecule has 1 amide bonds. The van der Waals surface area contributed by atoms with Crippen molar-refractivity contribution in [2.24, 2.45) is 0 Å². The zero-order chi connectivity index (χ0) is 14.5. The number of nitrogens with zero attached hydrogens (tertiary/aromatic N) is 1. The van der Waals surface area contributed by atoms with Crippen molar-refractivity contribution >= 4 is 39.6 Å². The topological polar surface area (TPSA) is 69.6 Å². The molecule has 0 aromatic heterocycles. The average Bonchev–Trinajstić information content (AvgIpc) is 2.61. The fourth-order valence-electron chi connectivity index (χ4n) is 2.12. The third-order valence-corrected chi connectivity index (χ3v) is 3.54. The van der Waals surface area contributed by atoms with Crippen LogP contribution in [0.4, 0.5) is 5.69 Å². The third kappa shape index (κ3) is 3.84. The molecule has 1 fully saturated rings. The molecular formula is C14H15BrN2O3. The van der Waals surface area contributed by atoms with Gasteiger partial charge in [0.05, 0.1) is 0 Å². The third-order valence-electron chi connectivity index (χ3n) is 3.05. The van der Waals surface area contributed by atoms with Crippen LogP contribution in [0, 0.1) is 0 Å². The van der Waals surface area contributed by atoms with Crippen LogP contribution in [-0.2, 0) is 9.59 Å². The summed E-state index contributed by atoms with van der Waals surface area (Å²) in [6.07, 6.45) is 3.13. The highest BCUT2D eigenvalue weighted by molar-refractivity contribution is 9.10. The van der Waals surface area contributed by atoms with E-state index in [1.807, 2.05) is 18.2 Å². The number of carbonyl (C=O) groups is 2. The van der Waals surface area contributed by atoms with E-state index < -0.39 is 5.97 Å². The zero-order valence-electron chi connectivity index (χ0n) is 10.8. The van der Waals surface area contributed by atoms with Crippen LogP contribution in [0.3, 0.4) is 0 Å². The molecule has 1 aromatic carbocycles. The Morgan fingerprint density at radius 1 is 1.40 bits per heavy atom. The normalized spacial score (nSPS) is 16.1. The Hall–Kier alpha value is -1.82. The first-order valence-corrected chi connectivity index (χ1v) is 7.08. The summed E-state index contributed by atoms with van der Waals surface area (Å²) in [6, 6.07) is 5.71. The molecule has 1 saturated heterocycles. The first-order valence-electron chi connectivity index (χ1n) is 6.28. The molecule has 0 aliphatic carbocycles. The standard InChI is InChI=1S/C14H15BrN2O3/c15-11-2-3-12(10(9-11)1-4-14(19)20)17-7-5-13(18)16-6-8-17/h1-4,9H,5-8H2,(H,16,18)(H,19,20)/b4-1+. The van der Waals surface area contributed by atoms with E-state index in [0.29, 0.717) is 26.1 Å². The average molecular weight is 339 g/mol. The van der Waals surface area contributed by atoms with Gasteiger partial charge in [0.15, 0.2) is 0 Å². The van der Waals surface area contributed by atoms with Gasteiger partial charge < -0.3 is 15.3 Å². The van der Waals surface area contributed by atoms with Crippen LogP contribution < -0.4 is 10.2 Å². The fourth-order valence-corrected chi connectivity index (χ4v) is 2.49. The summed E-state index contributed by atoms with van der Waals surface area (Å²) in [6.45, 7) is 1.93. The van der Waals surface area contributed by atoms with Gasteiger partial charge in [-0.1, -0.05) is 15.9 Å². The van der Waals surface area contributed by atoms with Crippen molar-refractivity contribution in [3.8, 4) is 0 Å². The SMILES string of the molecule is O=C(O)/C=C/c1cc(Br)ccc1N1CCNC(=O)CC1. The molecule has 106 valence electrons. The van der Waals surface area contributed by atoms with E-state index in [1.165, 1.54) is 0 Å². The number of amides is 1. The van der Waals surface area contributed by atoms with Gasteiger partial charge in [0.25, 0.3) is 0 Å².